The van der Waals surface area contributed by atoms with E-state index in [1.54, 1.807) is 24.0 Å². The third-order valence-corrected chi connectivity index (χ3v) is 3.19. The minimum Gasteiger partial charge on any atom is -0.394 e. The molecule has 1 saturated heterocycles. The number of para-hydroxylation sites is 1. The summed E-state index contributed by atoms with van der Waals surface area (Å²) in [5.74, 6) is -0.381. The van der Waals surface area contributed by atoms with E-state index in [1.165, 1.54) is 6.07 Å². The number of hydrogen-bond donors (Lipinski definition) is 2. The Hall–Kier alpha value is -1.17. The number of morpholine rings is 1. The molecule has 1 heterocycles. The lowest BCUT2D eigenvalue weighted by atomic mass is 10.0. The summed E-state index contributed by atoms with van der Waals surface area (Å²) in [6.07, 6.45) is -0.752. The molecule has 0 spiro atoms. The molecule has 0 aromatic heterocycles. The fourth-order valence-electron chi connectivity index (χ4n) is 2.27. The van der Waals surface area contributed by atoms with Crippen LogP contribution in [-0.2, 0) is 4.74 Å². The predicted molar refractivity (Wildman–Crippen MR) is 66.1 cm³/mol. The van der Waals surface area contributed by atoms with Gasteiger partial charge < -0.3 is 19.8 Å². The highest BCUT2D eigenvalue weighted by Crippen LogP contribution is 2.31. The predicted octanol–water partition coefficient (Wildman–Crippen LogP) is 1.08. The molecular weight excluding hydrogens is 237 g/mol. The van der Waals surface area contributed by atoms with Gasteiger partial charge in [-0.15, -0.1) is 0 Å². The van der Waals surface area contributed by atoms with Crippen LogP contribution in [-0.4, -0.2) is 42.6 Å². The zero-order chi connectivity index (χ0) is 13.1. The minimum absolute atomic E-state index is 0.104. The van der Waals surface area contributed by atoms with Crippen molar-refractivity contribution >= 4 is 5.69 Å². The molecule has 4 nitrogen and oxygen atoms in total. The molecule has 1 fully saturated rings. The van der Waals surface area contributed by atoms with Crippen LogP contribution >= 0.6 is 0 Å². The molecule has 1 aliphatic rings. The highest BCUT2D eigenvalue weighted by atomic mass is 19.1. The van der Waals surface area contributed by atoms with Crippen LogP contribution in [0.4, 0.5) is 10.1 Å². The van der Waals surface area contributed by atoms with Gasteiger partial charge in [0.05, 0.1) is 37.7 Å². The number of rotatable bonds is 3. The molecule has 0 saturated carbocycles. The van der Waals surface area contributed by atoms with Crippen molar-refractivity contribution in [2.75, 3.05) is 31.3 Å². The maximum Gasteiger partial charge on any atom is 0.146 e. The Kier molecular flexibility index (Phi) is 4.16. The Labute approximate surface area is 106 Å². The number of aliphatic hydroxyl groups is 2. The lowest BCUT2D eigenvalue weighted by molar-refractivity contribution is 0.0719. The van der Waals surface area contributed by atoms with E-state index in [1.807, 2.05) is 0 Å². The average Bonchev–Trinajstić information content (AvgIpc) is 2.38. The molecule has 5 heteroatoms. The van der Waals surface area contributed by atoms with Crippen molar-refractivity contribution < 1.29 is 19.3 Å². The molecule has 2 rings (SSSR count). The van der Waals surface area contributed by atoms with Gasteiger partial charge in [-0.05, 0) is 13.0 Å². The van der Waals surface area contributed by atoms with E-state index in [4.69, 9.17) is 4.74 Å². The summed E-state index contributed by atoms with van der Waals surface area (Å²) in [7, 11) is 0. The molecule has 2 N–H and O–H groups in total. The lowest BCUT2D eigenvalue weighted by Crippen LogP contribution is -2.48. The van der Waals surface area contributed by atoms with Crippen molar-refractivity contribution in [2.45, 2.75) is 19.1 Å². The van der Waals surface area contributed by atoms with Crippen molar-refractivity contribution in [1.82, 2.24) is 0 Å². The van der Waals surface area contributed by atoms with Crippen LogP contribution in [0.25, 0.3) is 0 Å². The van der Waals surface area contributed by atoms with Crippen LogP contribution in [0.3, 0.4) is 0 Å². The fraction of sp³-hybridized carbons (Fsp3) is 0.538. The van der Waals surface area contributed by atoms with E-state index in [0.29, 0.717) is 31.0 Å². The van der Waals surface area contributed by atoms with E-state index in [0.717, 1.165) is 0 Å². The van der Waals surface area contributed by atoms with Gasteiger partial charge in [-0.2, -0.15) is 0 Å². The van der Waals surface area contributed by atoms with Gasteiger partial charge in [0.25, 0.3) is 0 Å². The van der Waals surface area contributed by atoms with Crippen LogP contribution in [0.15, 0.2) is 18.2 Å². The fourth-order valence-corrected chi connectivity index (χ4v) is 2.27. The number of ether oxygens (including phenoxy) is 1. The van der Waals surface area contributed by atoms with Crippen LogP contribution in [0.2, 0.25) is 0 Å². The van der Waals surface area contributed by atoms with Crippen molar-refractivity contribution in [3.05, 3.63) is 29.6 Å². The van der Waals surface area contributed by atoms with Gasteiger partial charge in [-0.25, -0.2) is 4.39 Å². The van der Waals surface area contributed by atoms with Gasteiger partial charge in [0.1, 0.15) is 5.82 Å². The van der Waals surface area contributed by atoms with Crippen molar-refractivity contribution in [2.24, 2.45) is 0 Å². The lowest BCUT2D eigenvalue weighted by Gasteiger charge is -2.37. The van der Waals surface area contributed by atoms with E-state index < -0.39 is 6.10 Å². The normalized spacial score (nSPS) is 22.0. The topological polar surface area (TPSA) is 52.9 Å². The SMILES string of the molecule is C[C@@H](O)c1cccc(F)c1N1CCOCC1CO. The molecule has 0 radical (unpaired) electrons. The van der Waals surface area contributed by atoms with E-state index in [-0.39, 0.29) is 18.5 Å². The summed E-state index contributed by atoms with van der Waals surface area (Å²) in [5, 5.41) is 19.1. The Balaban J connectivity index is 2.41. The first-order valence-corrected chi connectivity index (χ1v) is 6.07. The van der Waals surface area contributed by atoms with Crippen LogP contribution < -0.4 is 4.90 Å². The highest BCUT2D eigenvalue weighted by Gasteiger charge is 2.27. The maximum atomic E-state index is 14.0. The molecule has 100 valence electrons. The molecule has 1 aromatic rings. The van der Waals surface area contributed by atoms with Gasteiger partial charge >= 0.3 is 0 Å². The number of halogens is 1. The molecule has 1 unspecified atom stereocenters. The van der Waals surface area contributed by atoms with E-state index >= 15 is 0 Å². The molecule has 0 aliphatic carbocycles. The second-order valence-electron chi connectivity index (χ2n) is 4.46. The third kappa shape index (κ3) is 2.48. The van der Waals surface area contributed by atoms with Crippen molar-refractivity contribution in [3.8, 4) is 0 Å². The van der Waals surface area contributed by atoms with Gasteiger partial charge in [0, 0.05) is 12.1 Å². The number of aliphatic hydroxyl groups excluding tert-OH is 2. The second-order valence-corrected chi connectivity index (χ2v) is 4.46. The molecule has 18 heavy (non-hydrogen) atoms. The third-order valence-electron chi connectivity index (χ3n) is 3.19. The molecule has 2 atom stereocenters. The smallest absolute Gasteiger partial charge is 0.146 e. The molecule has 1 aliphatic heterocycles. The molecule has 1 aromatic carbocycles. The van der Waals surface area contributed by atoms with E-state index in [2.05, 4.69) is 0 Å². The number of nitrogens with zero attached hydrogens (tertiary/aromatic N) is 1. The Bertz CT molecular complexity index is 411. The quantitative estimate of drug-likeness (QED) is 0.848. The Morgan fingerprint density at radius 2 is 2.33 bits per heavy atom. The second kappa shape index (κ2) is 5.65. The first-order chi connectivity index (χ1) is 8.65. The summed E-state index contributed by atoms with van der Waals surface area (Å²) in [5.41, 5.74) is 0.908. The summed E-state index contributed by atoms with van der Waals surface area (Å²) in [4.78, 5) is 1.78. The first kappa shape index (κ1) is 13.3. The largest absolute Gasteiger partial charge is 0.394 e. The summed E-state index contributed by atoms with van der Waals surface area (Å²) in [6, 6.07) is 4.38. The standard InChI is InChI=1S/C13H18FNO3/c1-9(17)11-3-2-4-12(14)13(11)15-5-6-18-8-10(15)7-16/h2-4,9-10,16-17H,5-8H2,1H3/t9-,10?/m1/s1. The maximum absolute atomic E-state index is 14.0. The van der Waals surface area contributed by atoms with Crippen LogP contribution in [0, 0.1) is 5.82 Å². The average molecular weight is 255 g/mol. The monoisotopic (exact) mass is 255 g/mol. The molecule has 0 bridgehead atoms. The highest BCUT2D eigenvalue weighted by molar-refractivity contribution is 5.57. The van der Waals surface area contributed by atoms with Gasteiger partial charge in [-0.3, -0.25) is 0 Å². The van der Waals surface area contributed by atoms with Crippen LogP contribution in [0.1, 0.15) is 18.6 Å². The zero-order valence-electron chi connectivity index (χ0n) is 10.3. The first-order valence-electron chi connectivity index (χ1n) is 6.07. The van der Waals surface area contributed by atoms with Gasteiger partial charge in [-0.1, -0.05) is 12.1 Å². The summed E-state index contributed by atoms with van der Waals surface area (Å²) in [6.45, 7) is 2.86. The van der Waals surface area contributed by atoms with Crippen molar-refractivity contribution in [1.29, 1.82) is 0 Å². The number of benzene rings is 1. The Morgan fingerprint density at radius 3 is 3.00 bits per heavy atom. The van der Waals surface area contributed by atoms with Gasteiger partial charge in [0.2, 0.25) is 0 Å². The summed E-state index contributed by atoms with van der Waals surface area (Å²) < 4.78 is 19.3. The van der Waals surface area contributed by atoms with Crippen molar-refractivity contribution in [3.63, 3.8) is 0 Å². The molecular formula is C13H18FNO3. The van der Waals surface area contributed by atoms with E-state index in [9.17, 15) is 14.6 Å². The zero-order valence-corrected chi connectivity index (χ0v) is 10.3. The summed E-state index contributed by atoms with van der Waals surface area (Å²) >= 11 is 0. The minimum atomic E-state index is -0.752. The van der Waals surface area contributed by atoms with Gasteiger partial charge in [0.15, 0.2) is 0 Å². The Morgan fingerprint density at radius 1 is 1.56 bits per heavy atom. The number of anilines is 1. The number of hydrogen-bond acceptors (Lipinski definition) is 4. The van der Waals surface area contributed by atoms with Crippen LogP contribution in [0.5, 0.6) is 0 Å². The molecule has 0 amide bonds.